The van der Waals surface area contributed by atoms with Gasteiger partial charge in [0.25, 0.3) is 0 Å². The van der Waals surface area contributed by atoms with Gasteiger partial charge in [0.05, 0.1) is 5.38 Å². The Balaban J connectivity index is 2.15. The Kier molecular flexibility index (Phi) is 3.35. The number of alkyl halides is 1. The van der Waals surface area contributed by atoms with Crippen molar-refractivity contribution in [3.8, 4) is 0 Å². The van der Waals surface area contributed by atoms with E-state index in [4.69, 9.17) is 11.6 Å². The lowest BCUT2D eigenvalue weighted by atomic mass is 10.2. The zero-order chi connectivity index (χ0) is 13.4. The molecule has 1 fully saturated rings. The van der Waals surface area contributed by atoms with Crippen molar-refractivity contribution in [1.82, 2.24) is 14.6 Å². The minimum absolute atomic E-state index is 0.114. The van der Waals surface area contributed by atoms with Crippen LogP contribution in [-0.2, 0) is 0 Å². The number of fused-ring (bicyclic) bond motifs is 1. The normalized spacial score (nSPS) is 17.9. The molecule has 0 radical (unpaired) electrons. The fourth-order valence-electron chi connectivity index (χ4n) is 2.68. The predicted octanol–water partition coefficient (Wildman–Crippen LogP) is 3.16. The van der Waals surface area contributed by atoms with E-state index in [9.17, 15) is 0 Å². The van der Waals surface area contributed by atoms with Crippen molar-refractivity contribution in [3.05, 3.63) is 23.7 Å². The molecule has 19 heavy (non-hydrogen) atoms. The van der Waals surface area contributed by atoms with E-state index in [1.165, 1.54) is 19.3 Å². The lowest BCUT2D eigenvalue weighted by molar-refractivity contribution is 0.473. The molecule has 0 bridgehead atoms. The van der Waals surface area contributed by atoms with Crippen LogP contribution in [0.5, 0.6) is 0 Å². The number of aryl methyl sites for hydroxylation is 1. The van der Waals surface area contributed by atoms with Crippen LogP contribution in [0.15, 0.2) is 12.3 Å². The Morgan fingerprint density at radius 3 is 2.68 bits per heavy atom. The maximum absolute atomic E-state index is 6.30. The molecule has 3 rings (SSSR count). The first-order valence-electron chi connectivity index (χ1n) is 6.91. The summed E-state index contributed by atoms with van der Waals surface area (Å²) in [6, 6.07) is 2.07. The van der Waals surface area contributed by atoms with Crippen molar-refractivity contribution < 1.29 is 0 Å². The third-order valence-corrected chi connectivity index (χ3v) is 3.80. The molecule has 2 aromatic heterocycles. The van der Waals surface area contributed by atoms with Crippen LogP contribution in [0.3, 0.4) is 0 Å². The van der Waals surface area contributed by atoms with Gasteiger partial charge in [0.1, 0.15) is 11.3 Å². The van der Waals surface area contributed by atoms with E-state index < -0.39 is 0 Å². The SMILES string of the molecule is Cc1cnc2c(c1)nc(C(C)Cl)n2N1CCCCC1. The molecule has 1 aliphatic heterocycles. The second-order valence-electron chi connectivity index (χ2n) is 5.27. The first kappa shape index (κ1) is 12.7. The van der Waals surface area contributed by atoms with Crippen LogP contribution in [0.4, 0.5) is 0 Å². The van der Waals surface area contributed by atoms with Gasteiger partial charge in [0, 0.05) is 19.3 Å². The Morgan fingerprint density at radius 1 is 1.26 bits per heavy atom. The average Bonchev–Trinajstić information content (AvgIpc) is 2.78. The number of hydrogen-bond acceptors (Lipinski definition) is 3. The molecule has 0 saturated carbocycles. The first-order chi connectivity index (χ1) is 9.16. The molecule has 4 nitrogen and oxygen atoms in total. The summed E-state index contributed by atoms with van der Waals surface area (Å²) in [7, 11) is 0. The Bertz CT molecular complexity index is 584. The molecule has 2 aromatic rings. The number of piperidine rings is 1. The minimum atomic E-state index is -0.114. The maximum Gasteiger partial charge on any atom is 0.179 e. The maximum atomic E-state index is 6.30. The highest BCUT2D eigenvalue weighted by Gasteiger charge is 2.21. The molecule has 0 aromatic carbocycles. The first-order valence-corrected chi connectivity index (χ1v) is 7.35. The van der Waals surface area contributed by atoms with E-state index in [1.807, 2.05) is 20.0 Å². The summed E-state index contributed by atoms with van der Waals surface area (Å²) < 4.78 is 2.13. The summed E-state index contributed by atoms with van der Waals surface area (Å²) in [6.45, 7) is 6.11. The molecular formula is C14H19ClN4. The highest BCUT2D eigenvalue weighted by Crippen LogP contribution is 2.25. The Hall–Kier alpha value is -1.29. The summed E-state index contributed by atoms with van der Waals surface area (Å²) in [5.41, 5.74) is 2.99. The molecule has 5 heteroatoms. The number of hydrogen-bond donors (Lipinski definition) is 0. The summed E-state index contributed by atoms with van der Waals surface area (Å²) in [4.78, 5) is 9.23. The highest BCUT2D eigenvalue weighted by molar-refractivity contribution is 6.20. The monoisotopic (exact) mass is 278 g/mol. The quantitative estimate of drug-likeness (QED) is 0.792. The van der Waals surface area contributed by atoms with Crippen LogP contribution in [0, 0.1) is 6.92 Å². The molecule has 1 unspecified atom stereocenters. The number of halogens is 1. The number of imidazole rings is 1. The van der Waals surface area contributed by atoms with E-state index in [2.05, 4.69) is 25.7 Å². The largest absolute Gasteiger partial charge is 0.310 e. The predicted molar refractivity (Wildman–Crippen MR) is 78.3 cm³/mol. The smallest absolute Gasteiger partial charge is 0.179 e. The lowest BCUT2D eigenvalue weighted by Gasteiger charge is -2.31. The van der Waals surface area contributed by atoms with E-state index in [0.29, 0.717) is 0 Å². The molecule has 0 N–H and O–H groups in total. The zero-order valence-corrected chi connectivity index (χ0v) is 12.2. The minimum Gasteiger partial charge on any atom is -0.310 e. The van der Waals surface area contributed by atoms with Crippen molar-refractivity contribution in [2.24, 2.45) is 0 Å². The molecule has 0 aliphatic carbocycles. The van der Waals surface area contributed by atoms with Gasteiger partial charge in [-0.3, -0.25) is 0 Å². The Labute approximate surface area is 118 Å². The van der Waals surface area contributed by atoms with Gasteiger partial charge in [-0.2, -0.15) is 0 Å². The number of nitrogens with zero attached hydrogens (tertiary/aromatic N) is 4. The van der Waals surface area contributed by atoms with Crippen LogP contribution >= 0.6 is 11.6 Å². The summed E-state index contributed by atoms with van der Waals surface area (Å²) in [6.07, 6.45) is 5.65. The third-order valence-electron chi connectivity index (χ3n) is 3.61. The zero-order valence-electron chi connectivity index (χ0n) is 11.4. The Morgan fingerprint density at radius 2 is 2.00 bits per heavy atom. The topological polar surface area (TPSA) is 34.0 Å². The standard InChI is InChI=1S/C14H19ClN4/c1-10-8-12-14(16-9-10)19(13(17-12)11(2)15)18-6-4-3-5-7-18/h8-9,11H,3-7H2,1-2H3. The van der Waals surface area contributed by atoms with Gasteiger partial charge < -0.3 is 5.01 Å². The van der Waals surface area contributed by atoms with Gasteiger partial charge in [0.2, 0.25) is 0 Å². The van der Waals surface area contributed by atoms with Gasteiger partial charge in [0.15, 0.2) is 5.65 Å². The second-order valence-corrected chi connectivity index (χ2v) is 5.92. The van der Waals surface area contributed by atoms with E-state index in [0.717, 1.165) is 35.6 Å². The van der Waals surface area contributed by atoms with Crippen molar-refractivity contribution in [2.75, 3.05) is 18.1 Å². The van der Waals surface area contributed by atoms with Crippen molar-refractivity contribution >= 4 is 22.8 Å². The molecule has 0 amide bonds. The van der Waals surface area contributed by atoms with Crippen LogP contribution in [0.2, 0.25) is 0 Å². The van der Waals surface area contributed by atoms with Crippen molar-refractivity contribution in [1.29, 1.82) is 0 Å². The van der Waals surface area contributed by atoms with Crippen LogP contribution in [0.1, 0.15) is 43.0 Å². The third kappa shape index (κ3) is 2.29. The van der Waals surface area contributed by atoms with Gasteiger partial charge >= 0.3 is 0 Å². The molecule has 0 spiro atoms. The van der Waals surface area contributed by atoms with Gasteiger partial charge in [-0.15, -0.1) is 11.6 Å². The molecule has 102 valence electrons. The van der Waals surface area contributed by atoms with Crippen LogP contribution in [0.25, 0.3) is 11.2 Å². The molecule has 1 saturated heterocycles. The average molecular weight is 279 g/mol. The van der Waals surface area contributed by atoms with E-state index in [1.54, 1.807) is 0 Å². The summed E-state index contributed by atoms with van der Waals surface area (Å²) in [5, 5.41) is 2.21. The van der Waals surface area contributed by atoms with Crippen LogP contribution in [-0.4, -0.2) is 27.7 Å². The summed E-state index contributed by atoms with van der Waals surface area (Å²) >= 11 is 6.30. The van der Waals surface area contributed by atoms with Crippen molar-refractivity contribution in [2.45, 2.75) is 38.5 Å². The van der Waals surface area contributed by atoms with Gasteiger partial charge in [-0.05, 0) is 44.7 Å². The van der Waals surface area contributed by atoms with E-state index >= 15 is 0 Å². The number of pyridine rings is 1. The fourth-order valence-corrected chi connectivity index (χ4v) is 2.83. The highest BCUT2D eigenvalue weighted by atomic mass is 35.5. The second kappa shape index (κ2) is 5.00. The van der Waals surface area contributed by atoms with Crippen molar-refractivity contribution in [3.63, 3.8) is 0 Å². The van der Waals surface area contributed by atoms with Crippen LogP contribution < -0.4 is 5.01 Å². The molecule has 3 heterocycles. The van der Waals surface area contributed by atoms with Gasteiger partial charge in [-0.25, -0.2) is 14.6 Å². The lowest BCUT2D eigenvalue weighted by Crippen LogP contribution is -2.40. The fraction of sp³-hybridized carbons (Fsp3) is 0.571. The molecule has 1 aliphatic rings. The van der Waals surface area contributed by atoms with E-state index in [-0.39, 0.29) is 5.38 Å². The molecule has 1 atom stereocenters. The molecular weight excluding hydrogens is 260 g/mol. The number of aromatic nitrogens is 3. The van der Waals surface area contributed by atoms with Gasteiger partial charge in [-0.1, -0.05) is 0 Å². The summed E-state index contributed by atoms with van der Waals surface area (Å²) in [5.74, 6) is 0.900. The number of rotatable bonds is 2.